The lowest BCUT2D eigenvalue weighted by Gasteiger charge is -2.21. The van der Waals surface area contributed by atoms with Crippen LogP contribution in [0, 0.1) is 0 Å². The number of anilines is 1. The van der Waals surface area contributed by atoms with E-state index in [0.29, 0.717) is 6.42 Å². The van der Waals surface area contributed by atoms with Crippen molar-refractivity contribution < 1.29 is 23.7 Å². The van der Waals surface area contributed by atoms with Crippen molar-refractivity contribution >= 4 is 23.1 Å². The number of unbranched alkanes of at least 4 members (excludes halogenated alkanes) is 14. The van der Waals surface area contributed by atoms with Crippen molar-refractivity contribution in [3.8, 4) is 0 Å². The summed E-state index contributed by atoms with van der Waals surface area (Å²) in [5.41, 5.74) is 6.67. The lowest BCUT2D eigenvalue weighted by atomic mass is 10.0. The summed E-state index contributed by atoms with van der Waals surface area (Å²) in [6.07, 6.45) is 18.1. The summed E-state index contributed by atoms with van der Waals surface area (Å²) >= 11 is 0. The monoisotopic (exact) mass is 637 g/mol. The molecule has 2 fully saturated rings. The molecule has 0 radical (unpaired) electrons. The van der Waals surface area contributed by atoms with E-state index >= 15 is 0 Å². The number of fused-ring (bicyclic) bond motifs is 2. The average Bonchev–Trinajstić information content (AvgIpc) is 3.77. The molecule has 5 atom stereocenters. The zero-order valence-corrected chi connectivity index (χ0v) is 27.2. The Morgan fingerprint density at radius 3 is 2.13 bits per heavy atom. The summed E-state index contributed by atoms with van der Waals surface area (Å²) in [5.74, 6) is -0.269. The number of aromatic amines is 1. The summed E-state index contributed by atoms with van der Waals surface area (Å²) in [5, 5.41) is 0. The number of nitrogens with one attached hydrogen (secondary N) is 1. The summed E-state index contributed by atoms with van der Waals surface area (Å²) in [6.45, 7) is 2.30. The van der Waals surface area contributed by atoms with Gasteiger partial charge in [-0.1, -0.05) is 127 Å². The number of carbonyl (C=O) groups excluding carboxylic acids is 1. The number of imidazole rings is 1. The molecule has 2 aliphatic heterocycles. The largest absolute Gasteiger partial charge is 0.463 e. The van der Waals surface area contributed by atoms with Crippen LogP contribution in [0.4, 0.5) is 5.95 Å². The predicted molar refractivity (Wildman–Crippen MR) is 176 cm³/mol. The number of nitrogens with two attached hydrogens (primary N) is 1. The van der Waals surface area contributed by atoms with Gasteiger partial charge in [-0.05, 0) is 6.42 Å². The summed E-state index contributed by atoms with van der Waals surface area (Å²) in [6, 6.07) is 9.63. The van der Waals surface area contributed by atoms with Crippen molar-refractivity contribution in [2.45, 2.75) is 140 Å². The van der Waals surface area contributed by atoms with Crippen LogP contribution in [0.25, 0.3) is 11.2 Å². The summed E-state index contributed by atoms with van der Waals surface area (Å²) in [7, 11) is 0. The number of hydrogen-bond donors (Lipinski definition) is 2. The minimum absolute atomic E-state index is 0.0242. The lowest BCUT2D eigenvalue weighted by molar-refractivity contribution is -0.166. The van der Waals surface area contributed by atoms with E-state index in [-0.39, 0.29) is 29.7 Å². The Hall–Kier alpha value is -3.28. The number of H-pyrrole nitrogens is 1. The predicted octanol–water partition coefficient (Wildman–Crippen LogP) is 6.89. The van der Waals surface area contributed by atoms with E-state index in [0.717, 1.165) is 24.8 Å². The molecule has 46 heavy (non-hydrogen) atoms. The van der Waals surface area contributed by atoms with Crippen molar-refractivity contribution in [1.29, 1.82) is 0 Å². The highest BCUT2D eigenvalue weighted by Crippen LogP contribution is 2.44. The fourth-order valence-corrected chi connectivity index (χ4v) is 6.48. The molecule has 0 bridgehead atoms. The van der Waals surface area contributed by atoms with Crippen LogP contribution >= 0.6 is 0 Å². The SMILES string of the molecule is CCCCCCCCCCCCCCCCCC(=O)OC[C@H]1O[C@@H](n2cnc3c(=O)[nH]c(N)nc32)[C@@H]2OC(c3ccccc3)O[C@@H]21. The molecular weight excluding hydrogens is 586 g/mol. The maximum atomic E-state index is 12.6. The van der Waals surface area contributed by atoms with E-state index in [1.54, 1.807) is 4.57 Å². The highest BCUT2D eigenvalue weighted by atomic mass is 16.8. The molecule has 252 valence electrons. The maximum absolute atomic E-state index is 12.6. The second-order valence-electron chi connectivity index (χ2n) is 12.7. The number of benzene rings is 1. The zero-order chi connectivity index (χ0) is 32.1. The van der Waals surface area contributed by atoms with Crippen molar-refractivity contribution in [3.63, 3.8) is 0 Å². The van der Waals surface area contributed by atoms with Gasteiger partial charge in [0, 0.05) is 12.0 Å². The van der Waals surface area contributed by atoms with Gasteiger partial charge in [-0.2, -0.15) is 4.98 Å². The smallest absolute Gasteiger partial charge is 0.305 e. The van der Waals surface area contributed by atoms with Crippen LogP contribution in [-0.4, -0.2) is 50.4 Å². The van der Waals surface area contributed by atoms with Crippen LogP contribution < -0.4 is 11.3 Å². The fourth-order valence-electron chi connectivity index (χ4n) is 6.48. The third-order valence-corrected chi connectivity index (χ3v) is 9.04. The number of rotatable bonds is 20. The van der Waals surface area contributed by atoms with Gasteiger partial charge in [-0.3, -0.25) is 19.1 Å². The Kier molecular flexibility index (Phi) is 13.0. The highest BCUT2D eigenvalue weighted by molar-refractivity contribution is 5.70. The number of nitrogens with zero attached hydrogens (tertiary/aromatic N) is 3. The first-order valence-electron chi connectivity index (χ1n) is 17.4. The molecule has 0 aliphatic carbocycles. The zero-order valence-electron chi connectivity index (χ0n) is 27.2. The molecule has 11 nitrogen and oxygen atoms in total. The highest BCUT2D eigenvalue weighted by Gasteiger charge is 2.54. The molecule has 2 aliphatic rings. The van der Waals surface area contributed by atoms with Gasteiger partial charge in [0.2, 0.25) is 5.95 Å². The van der Waals surface area contributed by atoms with Crippen molar-refractivity contribution in [2.24, 2.45) is 0 Å². The molecule has 0 amide bonds. The second kappa shape index (κ2) is 17.6. The van der Waals surface area contributed by atoms with E-state index in [1.807, 2.05) is 30.3 Å². The molecule has 0 saturated carbocycles. The number of nitrogen functional groups attached to an aromatic ring is 1. The van der Waals surface area contributed by atoms with E-state index in [4.69, 9.17) is 24.7 Å². The normalized spacial score (nSPS) is 22.4. The first kappa shape index (κ1) is 34.1. The molecule has 2 aromatic heterocycles. The average molecular weight is 638 g/mol. The van der Waals surface area contributed by atoms with Gasteiger partial charge in [0.15, 0.2) is 23.7 Å². The number of aromatic nitrogens is 4. The second-order valence-corrected chi connectivity index (χ2v) is 12.7. The van der Waals surface area contributed by atoms with Crippen LogP contribution in [0.5, 0.6) is 0 Å². The van der Waals surface area contributed by atoms with Gasteiger partial charge in [-0.15, -0.1) is 0 Å². The number of hydrogen-bond acceptors (Lipinski definition) is 9. The molecule has 4 heterocycles. The lowest BCUT2D eigenvalue weighted by Crippen LogP contribution is -2.32. The Morgan fingerprint density at radius 2 is 1.48 bits per heavy atom. The van der Waals surface area contributed by atoms with Gasteiger partial charge in [0.25, 0.3) is 5.56 Å². The fraction of sp³-hybridized carbons (Fsp3) is 0.657. The first-order chi connectivity index (χ1) is 22.5. The van der Waals surface area contributed by atoms with E-state index in [9.17, 15) is 9.59 Å². The Bertz CT molecular complexity index is 1410. The Morgan fingerprint density at radius 1 is 0.870 bits per heavy atom. The van der Waals surface area contributed by atoms with Crippen LogP contribution in [0.3, 0.4) is 0 Å². The van der Waals surface area contributed by atoms with Gasteiger partial charge in [-0.25, -0.2) is 4.98 Å². The summed E-state index contributed by atoms with van der Waals surface area (Å²) < 4.78 is 26.3. The molecule has 5 rings (SSSR count). The quantitative estimate of drug-likeness (QED) is 0.1000. The molecular formula is C35H51N5O6. The molecule has 2 saturated heterocycles. The number of carbonyl (C=O) groups is 1. The van der Waals surface area contributed by atoms with E-state index in [2.05, 4.69) is 21.9 Å². The molecule has 3 N–H and O–H groups in total. The van der Waals surface area contributed by atoms with Gasteiger partial charge >= 0.3 is 5.97 Å². The third-order valence-electron chi connectivity index (χ3n) is 9.04. The van der Waals surface area contributed by atoms with Gasteiger partial charge in [0.1, 0.15) is 24.9 Å². The first-order valence-corrected chi connectivity index (χ1v) is 17.4. The molecule has 1 unspecified atom stereocenters. The van der Waals surface area contributed by atoms with Crippen LogP contribution in [0.2, 0.25) is 0 Å². The third kappa shape index (κ3) is 9.17. The topological polar surface area (TPSA) is 144 Å². The summed E-state index contributed by atoms with van der Waals surface area (Å²) in [4.78, 5) is 36.0. The molecule has 0 spiro atoms. The van der Waals surface area contributed by atoms with Crippen molar-refractivity contribution in [1.82, 2.24) is 19.5 Å². The van der Waals surface area contributed by atoms with Crippen LogP contribution in [-0.2, 0) is 23.7 Å². The standard InChI is InChI=1S/C35H51N5O6/c1-2-3-4-5-6-7-8-9-10-11-12-13-14-15-19-22-27(41)43-23-26-29-30(46-34(45-29)25-20-17-16-18-21-25)33(44-26)40-24-37-28-31(40)38-35(36)39-32(28)42/h16-18,20-21,24,26,29-30,33-34H,2-15,19,22-23H2,1H3,(H3,36,38,39,42)/t26-,29-,30-,33-,34?/m1/s1. The van der Waals surface area contributed by atoms with Crippen molar-refractivity contribution in [2.75, 3.05) is 12.3 Å². The molecule has 11 heteroatoms. The van der Waals surface area contributed by atoms with Crippen molar-refractivity contribution in [3.05, 3.63) is 52.6 Å². The Labute approximate surface area is 271 Å². The van der Waals surface area contributed by atoms with E-state index in [1.165, 1.54) is 83.4 Å². The Balaban J connectivity index is 1.03. The minimum atomic E-state index is -0.711. The van der Waals surface area contributed by atoms with E-state index < -0.39 is 36.4 Å². The van der Waals surface area contributed by atoms with Gasteiger partial charge < -0.3 is 24.7 Å². The number of esters is 1. The molecule has 1 aromatic carbocycles. The van der Waals surface area contributed by atoms with Gasteiger partial charge in [0.05, 0.1) is 6.33 Å². The van der Waals surface area contributed by atoms with Crippen LogP contribution in [0.15, 0.2) is 41.5 Å². The maximum Gasteiger partial charge on any atom is 0.305 e. The number of ether oxygens (including phenoxy) is 4. The van der Waals surface area contributed by atoms with Crippen LogP contribution in [0.1, 0.15) is 128 Å². The minimum Gasteiger partial charge on any atom is -0.463 e. The molecule has 3 aromatic rings.